The van der Waals surface area contributed by atoms with E-state index in [1.807, 2.05) is 0 Å². The Labute approximate surface area is 105 Å². The number of nitrogens with zero attached hydrogens (tertiary/aromatic N) is 3. The summed E-state index contributed by atoms with van der Waals surface area (Å²) in [5, 5.41) is 8.66. The van der Waals surface area contributed by atoms with Crippen molar-refractivity contribution in [3.63, 3.8) is 0 Å². The predicted octanol–water partition coefficient (Wildman–Crippen LogP) is 1.33. The van der Waals surface area contributed by atoms with Crippen molar-refractivity contribution in [1.82, 2.24) is 14.5 Å². The highest BCUT2D eigenvalue weighted by molar-refractivity contribution is 7.10. The van der Waals surface area contributed by atoms with Crippen LogP contribution in [0.3, 0.4) is 0 Å². The van der Waals surface area contributed by atoms with Crippen molar-refractivity contribution in [3.05, 3.63) is 5.69 Å². The molecule has 2 atom stereocenters. The number of rotatable bonds is 4. The van der Waals surface area contributed by atoms with Crippen molar-refractivity contribution < 1.29 is 4.74 Å². The Morgan fingerprint density at radius 2 is 2.18 bits per heavy atom. The van der Waals surface area contributed by atoms with Crippen LogP contribution >= 0.6 is 11.5 Å². The predicted molar refractivity (Wildman–Crippen MR) is 67.2 cm³/mol. The monoisotopic (exact) mass is 254 g/mol. The van der Waals surface area contributed by atoms with Gasteiger partial charge in [0.1, 0.15) is 10.7 Å². The van der Waals surface area contributed by atoms with Crippen molar-refractivity contribution in [2.24, 2.45) is 0 Å². The van der Waals surface area contributed by atoms with Crippen LogP contribution in [0, 0.1) is 0 Å². The summed E-state index contributed by atoms with van der Waals surface area (Å²) in [6, 6.07) is 0. The Balaban J connectivity index is 1.64. The standard InChI is InChI=1S/C11H18N4OS/c1-2-12-11-10(13-14-17-11)7-15-5-8-3-4-9(6-15)16-8/h8-9,12H,2-7H2,1H3. The van der Waals surface area contributed by atoms with Gasteiger partial charge in [0.25, 0.3) is 0 Å². The van der Waals surface area contributed by atoms with Gasteiger partial charge in [-0.1, -0.05) is 4.49 Å². The minimum atomic E-state index is 0.447. The zero-order valence-electron chi connectivity index (χ0n) is 10.1. The zero-order chi connectivity index (χ0) is 11.7. The van der Waals surface area contributed by atoms with Crippen molar-refractivity contribution in [2.75, 3.05) is 25.0 Å². The van der Waals surface area contributed by atoms with Gasteiger partial charge in [0.2, 0.25) is 0 Å². The highest BCUT2D eigenvalue weighted by atomic mass is 32.1. The van der Waals surface area contributed by atoms with E-state index in [1.165, 1.54) is 24.4 Å². The van der Waals surface area contributed by atoms with Crippen molar-refractivity contribution >= 4 is 16.5 Å². The lowest BCUT2D eigenvalue weighted by atomic mass is 10.2. The number of aromatic nitrogens is 2. The Hall–Kier alpha value is -0.720. The van der Waals surface area contributed by atoms with E-state index in [-0.39, 0.29) is 0 Å². The first-order chi connectivity index (χ1) is 8.35. The third-order valence-corrected chi connectivity index (χ3v) is 4.11. The molecule has 2 saturated heterocycles. The summed E-state index contributed by atoms with van der Waals surface area (Å²) in [5.41, 5.74) is 1.08. The number of ether oxygens (including phenoxy) is 1. The van der Waals surface area contributed by atoms with E-state index in [9.17, 15) is 0 Å². The molecule has 6 heteroatoms. The second kappa shape index (κ2) is 4.88. The third-order valence-electron chi connectivity index (χ3n) is 3.39. The number of anilines is 1. The lowest BCUT2D eigenvalue weighted by Gasteiger charge is -2.31. The van der Waals surface area contributed by atoms with Gasteiger partial charge in [0, 0.05) is 37.7 Å². The quantitative estimate of drug-likeness (QED) is 0.878. The van der Waals surface area contributed by atoms with Crippen molar-refractivity contribution in [2.45, 2.75) is 38.5 Å². The summed E-state index contributed by atoms with van der Waals surface area (Å²) in [7, 11) is 0. The first kappa shape index (κ1) is 11.4. The highest BCUT2D eigenvalue weighted by Crippen LogP contribution is 2.28. The van der Waals surface area contributed by atoms with Gasteiger partial charge in [-0.05, 0) is 19.8 Å². The summed E-state index contributed by atoms with van der Waals surface area (Å²) in [5.74, 6) is 0. The number of hydrogen-bond donors (Lipinski definition) is 1. The Morgan fingerprint density at radius 3 is 2.88 bits per heavy atom. The molecule has 0 amide bonds. The van der Waals surface area contributed by atoms with Crippen molar-refractivity contribution in [1.29, 1.82) is 0 Å². The van der Waals surface area contributed by atoms with E-state index in [1.54, 1.807) is 0 Å². The molecule has 3 rings (SSSR count). The van der Waals surface area contributed by atoms with Crippen LogP contribution in [0.5, 0.6) is 0 Å². The van der Waals surface area contributed by atoms with Gasteiger partial charge in [-0.2, -0.15) is 0 Å². The summed E-state index contributed by atoms with van der Waals surface area (Å²) in [4.78, 5) is 2.45. The van der Waals surface area contributed by atoms with Crippen LogP contribution in [0.15, 0.2) is 0 Å². The molecule has 0 spiro atoms. The fourth-order valence-corrected chi connectivity index (χ4v) is 3.29. The van der Waals surface area contributed by atoms with Crippen molar-refractivity contribution in [3.8, 4) is 0 Å². The molecule has 2 aliphatic heterocycles. The number of likely N-dealkylation sites (tertiary alicyclic amines) is 1. The van der Waals surface area contributed by atoms with Gasteiger partial charge >= 0.3 is 0 Å². The van der Waals surface area contributed by atoms with Gasteiger partial charge in [-0.3, -0.25) is 4.90 Å². The molecule has 2 bridgehead atoms. The fraction of sp³-hybridized carbons (Fsp3) is 0.818. The van der Waals surface area contributed by atoms with Crippen LogP contribution < -0.4 is 5.32 Å². The summed E-state index contributed by atoms with van der Waals surface area (Å²) < 4.78 is 9.86. The maximum atomic E-state index is 5.83. The van der Waals surface area contributed by atoms with E-state index in [4.69, 9.17) is 4.74 Å². The minimum absolute atomic E-state index is 0.447. The molecule has 0 aliphatic carbocycles. The molecule has 2 aliphatic rings. The first-order valence-corrected chi connectivity index (χ1v) is 7.05. The third kappa shape index (κ3) is 2.43. The van der Waals surface area contributed by atoms with E-state index in [0.29, 0.717) is 12.2 Å². The Bertz CT molecular complexity index is 371. The lowest BCUT2D eigenvalue weighted by molar-refractivity contribution is -0.0413. The van der Waals surface area contributed by atoms with Crippen LogP contribution in [0.4, 0.5) is 5.00 Å². The largest absolute Gasteiger partial charge is 0.374 e. The number of nitrogens with one attached hydrogen (secondary N) is 1. The van der Waals surface area contributed by atoms with E-state index >= 15 is 0 Å². The SMILES string of the molecule is CCNc1snnc1CN1CC2CCC(C1)O2. The average Bonchev–Trinajstić information content (AvgIpc) is 2.87. The first-order valence-electron chi connectivity index (χ1n) is 6.28. The normalized spacial score (nSPS) is 28.5. The molecule has 2 unspecified atom stereocenters. The molecule has 0 aromatic carbocycles. The molecule has 2 fully saturated rings. The van der Waals surface area contributed by atoms with E-state index < -0.39 is 0 Å². The second-order valence-corrected chi connectivity index (χ2v) is 5.48. The molecular formula is C11H18N4OS. The van der Waals surface area contributed by atoms with Gasteiger partial charge in [0.05, 0.1) is 12.2 Å². The Morgan fingerprint density at radius 1 is 1.41 bits per heavy atom. The van der Waals surface area contributed by atoms with Gasteiger partial charge in [-0.25, -0.2) is 0 Å². The molecule has 94 valence electrons. The van der Waals surface area contributed by atoms with Gasteiger partial charge < -0.3 is 10.1 Å². The van der Waals surface area contributed by atoms with Crippen LogP contribution in [-0.4, -0.2) is 46.3 Å². The zero-order valence-corrected chi connectivity index (χ0v) is 10.9. The molecule has 1 aromatic rings. The average molecular weight is 254 g/mol. The fourth-order valence-electron chi connectivity index (χ4n) is 2.65. The molecule has 0 saturated carbocycles. The van der Waals surface area contributed by atoms with Crippen LogP contribution in [0.1, 0.15) is 25.5 Å². The van der Waals surface area contributed by atoms with Crippen LogP contribution in [0.25, 0.3) is 0 Å². The maximum absolute atomic E-state index is 5.83. The number of hydrogen-bond acceptors (Lipinski definition) is 6. The molecule has 0 radical (unpaired) electrons. The minimum Gasteiger partial charge on any atom is -0.374 e. The molecule has 1 N–H and O–H groups in total. The highest BCUT2D eigenvalue weighted by Gasteiger charge is 2.34. The summed E-state index contributed by atoms with van der Waals surface area (Å²) >= 11 is 1.45. The summed E-state index contributed by atoms with van der Waals surface area (Å²) in [6.45, 7) is 6.00. The molecule has 1 aromatic heterocycles. The van der Waals surface area contributed by atoms with E-state index in [2.05, 4.69) is 26.7 Å². The second-order valence-electron chi connectivity index (χ2n) is 4.73. The lowest BCUT2D eigenvalue weighted by Crippen LogP contribution is -2.42. The van der Waals surface area contributed by atoms with Crippen LogP contribution in [0.2, 0.25) is 0 Å². The molecule has 3 heterocycles. The van der Waals surface area contributed by atoms with E-state index in [0.717, 1.165) is 36.9 Å². The smallest absolute Gasteiger partial charge is 0.134 e. The number of fused-ring (bicyclic) bond motifs is 2. The number of morpholine rings is 1. The van der Waals surface area contributed by atoms with Crippen LogP contribution in [-0.2, 0) is 11.3 Å². The molecule has 5 nitrogen and oxygen atoms in total. The molecule has 17 heavy (non-hydrogen) atoms. The van der Waals surface area contributed by atoms with Gasteiger partial charge in [0.15, 0.2) is 0 Å². The maximum Gasteiger partial charge on any atom is 0.134 e. The summed E-state index contributed by atoms with van der Waals surface area (Å²) in [6.07, 6.45) is 3.33. The molecular weight excluding hydrogens is 236 g/mol. The topological polar surface area (TPSA) is 50.3 Å². The Kier molecular flexibility index (Phi) is 3.26. The van der Waals surface area contributed by atoms with Gasteiger partial charge in [-0.15, -0.1) is 5.10 Å².